The van der Waals surface area contributed by atoms with E-state index in [1.165, 1.54) is 0 Å². The van der Waals surface area contributed by atoms with Crippen molar-refractivity contribution in [3.05, 3.63) is 120 Å². The van der Waals surface area contributed by atoms with Crippen LogP contribution in [-0.2, 0) is 4.74 Å². The molecule has 0 saturated heterocycles. The Morgan fingerprint density at radius 1 is 0.731 bits per heavy atom. The van der Waals surface area contributed by atoms with Gasteiger partial charge in [0.1, 0.15) is 0 Å². The maximum atomic E-state index is 10.2. The van der Waals surface area contributed by atoms with E-state index in [2.05, 4.69) is 12.1 Å². The maximum absolute atomic E-state index is 10.2. The van der Waals surface area contributed by atoms with Crippen LogP contribution in [0.15, 0.2) is 103 Å². The monoisotopic (exact) mass is 342 g/mol. The van der Waals surface area contributed by atoms with Gasteiger partial charge in [-0.2, -0.15) is 4.58 Å². The predicted octanol–water partition coefficient (Wildman–Crippen LogP) is 4.99. The Balaban J connectivity index is 1.85. The molecule has 1 heterocycles. The van der Waals surface area contributed by atoms with Crippen LogP contribution in [0.4, 0.5) is 0 Å². The number of benzene rings is 3. The predicted molar refractivity (Wildman–Crippen MR) is 102 cm³/mol. The molecule has 0 radical (unpaired) electrons. The van der Waals surface area contributed by atoms with Crippen molar-refractivity contribution in [1.29, 1.82) is 0 Å². The lowest BCUT2D eigenvalue weighted by molar-refractivity contribution is -0.534. The third-order valence-electron chi connectivity index (χ3n) is 4.48. The summed E-state index contributed by atoms with van der Waals surface area (Å²) < 4.78 is 7.89. The maximum Gasteiger partial charge on any atom is 0.344 e. The van der Waals surface area contributed by atoms with Gasteiger partial charge in [0, 0.05) is 11.1 Å². The lowest BCUT2D eigenvalue weighted by Crippen LogP contribution is -2.29. The molecule has 1 aliphatic heterocycles. The van der Waals surface area contributed by atoms with Crippen LogP contribution in [0.1, 0.15) is 28.8 Å². The summed E-state index contributed by atoms with van der Waals surface area (Å²) in [4.78, 5) is 0. The van der Waals surface area contributed by atoms with E-state index in [0.717, 1.165) is 16.7 Å². The molecule has 0 fully saturated rings. The second-order valence-corrected chi connectivity index (χ2v) is 6.26. The van der Waals surface area contributed by atoms with Crippen molar-refractivity contribution in [3.8, 4) is 0 Å². The third kappa shape index (κ3) is 3.38. The van der Waals surface area contributed by atoms with Crippen LogP contribution >= 0.6 is 0 Å². The Morgan fingerprint density at radius 3 is 1.88 bits per heavy atom. The topological polar surface area (TPSA) is 32.5 Å². The molecular weight excluding hydrogens is 322 g/mol. The molecule has 2 atom stereocenters. The molecule has 1 aliphatic rings. The molecule has 3 aromatic rings. The van der Waals surface area contributed by atoms with Crippen LogP contribution in [0.25, 0.3) is 0 Å². The average molecular weight is 342 g/mol. The zero-order valence-corrected chi connectivity index (χ0v) is 14.3. The van der Waals surface area contributed by atoms with Crippen LogP contribution in [-0.4, -0.2) is 15.9 Å². The second-order valence-electron chi connectivity index (χ2n) is 6.26. The first-order valence-electron chi connectivity index (χ1n) is 8.66. The van der Waals surface area contributed by atoms with E-state index in [1.807, 2.05) is 89.7 Å². The molecule has 0 aliphatic carbocycles. The van der Waals surface area contributed by atoms with Gasteiger partial charge in [0.25, 0.3) is 6.20 Å². The fourth-order valence-electron chi connectivity index (χ4n) is 3.31. The highest BCUT2D eigenvalue weighted by Crippen LogP contribution is 2.39. The molecule has 26 heavy (non-hydrogen) atoms. The fraction of sp³-hybridized carbons (Fsp3) is 0.0870. The molecule has 0 unspecified atom stereocenters. The molecule has 3 nitrogen and oxygen atoms in total. The van der Waals surface area contributed by atoms with Gasteiger partial charge in [0.05, 0.1) is 0 Å². The summed E-state index contributed by atoms with van der Waals surface area (Å²) in [7, 11) is 0. The van der Waals surface area contributed by atoms with E-state index in [-0.39, 0.29) is 18.1 Å². The molecule has 0 amide bonds. The van der Waals surface area contributed by atoms with Crippen molar-refractivity contribution in [3.63, 3.8) is 0 Å². The minimum atomic E-state index is -0.316. The number of aliphatic hydroxyl groups is 1. The zero-order chi connectivity index (χ0) is 17.8. The number of ether oxygens (including phenoxy) is 1. The number of aliphatic hydroxyl groups excluding tert-OH is 1. The Kier molecular flexibility index (Phi) is 4.52. The fourth-order valence-corrected chi connectivity index (χ4v) is 3.31. The molecular formula is C23H20NO2+. The lowest BCUT2D eigenvalue weighted by atomic mass is 9.94. The Hall–Kier alpha value is -3.33. The Morgan fingerprint density at radius 2 is 1.27 bits per heavy atom. The van der Waals surface area contributed by atoms with Gasteiger partial charge in [-0.1, -0.05) is 78.9 Å². The summed E-state index contributed by atoms with van der Waals surface area (Å²) >= 11 is 0. The number of hydrogen-bond acceptors (Lipinski definition) is 2. The largest absolute Gasteiger partial charge is 0.477 e. The minimum Gasteiger partial charge on any atom is -0.477 e. The van der Waals surface area contributed by atoms with E-state index < -0.39 is 0 Å². The number of hydrogen-bond donors (Lipinski definition) is 1. The van der Waals surface area contributed by atoms with Gasteiger partial charge in [0.15, 0.2) is 12.3 Å². The van der Waals surface area contributed by atoms with Gasteiger partial charge in [-0.3, -0.25) is 0 Å². The third-order valence-corrected chi connectivity index (χ3v) is 4.48. The summed E-state index contributed by atoms with van der Waals surface area (Å²) in [5.41, 5.74) is 3.20. The summed E-state index contributed by atoms with van der Waals surface area (Å²) in [6, 6.07) is 30.2. The first kappa shape index (κ1) is 16.2. The van der Waals surface area contributed by atoms with Crippen molar-refractivity contribution in [1.82, 2.24) is 0 Å². The molecule has 1 N–H and O–H groups in total. The van der Waals surface area contributed by atoms with E-state index >= 15 is 0 Å². The highest BCUT2D eigenvalue weighted by Gasteiger charge is 2.39. The molecule has 0 bridgehead atoms. The van der Waals surface area contributed by atoms with Gasteiger partial charge in [0.2, 0.25) is 6.04 Å². The summed E-state index contributed by atoms with van der Waals surface area (Å²) in [6.45, 7) is 0. The molecule has 0 aromatic heterocycles. The Labute approximate surface area is 153 Å². The van der Waals surface area contributed by atoms with Gasteiger partial charge < -0.3 is 9.84 Å². The standard InChI is InChI=1S/C23H19NO2/c25-21-17-24(16-18-10-4-1-5-11-18)22(19-12-6-2-7-13-19)23(26-21)20-14-8-3-9-15-20/h1-17,22-23H/p+1/t22-,23+/m0/s1. The summed E-state index contributed by atoms with van der Waals surface area (Å²) in [5, 5.41) is 10.2. The van der Waals surface area contributed by atoms with Gasteiger partial charge in [-0.05, 0) is 17.7 Å². The number of rotatable bonds is 3. The van der Waals surface area contributed by atoms with Crippen LogP contribution in [0, 0.1) is 0 Å². The van der Waals surface area contributed by atoms with Crippen LogP contribution in [0.5, 0.6) is 0 Å². The first-order chi connectivity index (χ1) is 12.8. The molecule has 4 rings (SSSR count). The molecule has 3 aromatic carbocycles. The van der Waals surface area contributed by atoms with E-state index in [4.69, 9.17) is 4.74 Å². The zero-order valence-electron chi connectivity index (χ0n) is 14.3. The first-order valence-corrected chi connectivity index (χ1v) is 8.66. The Bertz CT molecular complexity index is 918. The molecule has 128 valence electrons. The van der Waals surface area contributed by atoms with Crippen molar-refractivity contribution in [2.45, 2.75) is 12.1 Å². The van der Waals surface area contributed by atoms with Crippen LogP contribution in [0.2, 0.25) is 0 Å². The van der Waals surface area contributed by atoms with Gasteiger partial charge in [-0.15, -0.1) is 0 Å². The quantitative estimate of drug-likeness (QED) is 0.680. The SMILES string of the molecule is OC1=C[N+](=Cc2ccccc2)[C@@H](c2ccccc2)[C@@H](c2ccccc2)O1. The molecule has 0 spiro atoms. The van der Waals surface area contributed by atoms with Crippen LogP contribution < -0.4 is 0 Å². The highest BCUT2D eigenvalue weighted by molar-refractivity contribution is 5.75. The number of nitrogens with zero attached hydrogens (tertiary/aromatic N) is 1. The van der Waals surface area contributed by atoms with E-state index in [0.29, 0.717) is 0 Å². The van der Waals surface area contributed by atoms with Gasteiger partial charge >= 0.3 is 5.95 Å². The highest BCUT2D eigenvalue weighted by atomic mass is 16.6. The van der Waals surface area contributed by atoms with Gasteiger partial charge in [-0.25, -0.2) is 0 Å². The smallest absolute Gasteiger partial charge is 0.344 e. The van der Waals surface area contributed by atoms with Crippen molar-refractivity contribution >= 4 is 6.21 Å². The lowest BCUT2D eigenvalue weighted by Gasteiger charge is -2.28. The molecule has 3 heteroatoms. The van der Waals surface area contributed by atoms with Crippen LogP contribution in [0.3, 0.4) is 0 Å². The summed E-state index contributed by atoms with van der Waals surface area (Å²) in [5.74, 6) is -0.0850. The average Bonchev–Trinajstić information content (AvgIpc) is 2.70. The van der Waals surface area contributed by atoms with E-state index in [9.17, 15) is 5.11 Å². The van der Waals surface area contributed by atoms with E-state index in [1.54, 1.807) is 6.20 Å². The van der Waals surface area contributed by atoms with Crippen molar-refractivity contribution in [2.24, 2.45) is 0 Å². The summed E-state index contributed by atoms with van der Waals surface area (Å²) in [6.07, 6.45) is 3.36. The van der Waals surface area contributed by atoms with Crippen molar-refractivity contribution < 1.29 is 14.4 Å². The second kappa shape index (κ2) is 7.28. The normalized spacial score (nSPS) is 21.1. The molecule has 0 saturated carbocycles. The minimum absolute atomic E-state index is 0.0850. The van der Waals surface area contributed by atoms with Crippen molar-refractivity contribution in [2.75, 3.05) is 0 Å².